The van der Waals surface area contributed by atoms with Gasteiger partial charge in [0.15, 0.2) is 0 Å². The highest BCUT2D eigenvalue weighted by atomic mass is 16.5. The first-order valence-electron chi connectivity index (χ1n) is 10.4. The van der Waals surface area contributed by atoms with Crippen molar-refractivity contribution in [2.24, 2.45) is 0 Å². The van der Waals surface area contributed by atoms with Crippen LogP contribution in [0.2, 0.25) is 0 Å². The number of carbonyl (C=O) groups is 2. The highest BCUT2D eigenvalue weighted by molar-refractivity contribution is 6.46. The fourth-order valence-electron chi connectivity index (χ4n) is 3.75. The van der Waals surface area contributed by atoms with Crippen molar-refractivity contribution in [1.29, 1.82) is 0 Å². The molecule has 3 aromatic carbocycles. The molecule has 3 aromatic rings. The summed E-state index contributed by atoms with van der Waals surface area (Å²) >= 11 is 0. The number of imide groups is 1. The zero-order valence-electron chi connectivity index (χ0n) is 18.2. The molecule has 1 N–H and O–H groups in total. The highest BCUT2D eigenvalue weighted by Crippen LogP contribution is 2.38. The third kappa shape index (κ3) is 3.83. The van der Waals surface area contributed by atoms with Crippen LogP contribution in [-0.4, -0.2) is 25.5 Å². The quantitative estimate of drug-likeness (QED) is 0.548. The number of rotatable bonds is 7. The number of hydrogen-bond acceptors (Lipinski definition) is 5. The summed E-state index contributed by atoms with van der Waals surface area (Å²) in [5, 5.41) is 3.17. The van der Waals surface area contributed by atoms with E-state index in [2.05, 4.69) is 5.32 Å². The summed E-state index contributed by atoms with van der Waals surface area (Å²) in [6, 6.07) is 21.8. The molecule has 0 fully saturated rings. The number of ether oxygens (including phenoxy) is 2. The van der Waals surface area contributed by atoms with Crippen molar-refractivity contribution in [1.82, 2.24) is 0 Å². The highest BCUT2D eigenvalue weighted by Gasteiger charge is 2.41. The molecule has 0 saturated heterocycles. The van der Waals surface area contributed by atoms with E-state index in [1.54, 1.807) is 31.4 Å². The van der Waals surface area contributed by atoms with Crippen LogP contribution >= 0.6 is 0 Å². The molecular formula is C26H24N2O4. The van der Waals surface area contributed by atoms with Crippen LogP contribution in [-0.2, 0) is 9.59 Å². The summed E-state index contributed by atoms with van der Waals surface area (Å²) in [6.45, 7) is 4.30. The summed E-state index contributed by atoms with van der Waals surface area (Å²) in [7, 11) is 1.54. The first-order chi connectivity index (χ1) is 15.5. The summed E-state index contributed by atoms with van der Waals surface area (Å²) in [6.07, 6.45) is 0. The Morgan fingerprint density at radius 1 is 0.906 bits per heavy atom. The van der Waals surface area contributed by atoms with Crippen LogP contribution in [0.1, 0.15) is 18.1 Å². The number of amides is 2. The van der Waals surface area contributed by atoms with Gasteiger partial charge in [0, 0.05) is 17.3 Å². The average molecular weight is 428 g/mol. The number of anilines is 2. The number of aryl methyl sites for hydroxylation is 1. The second-order valence-corrected chi connectivity index (χ2v) is 7.27. The maximum absolute atomic E-state index is 13.6. The van der Waals surface area contributed by atoms with E-state index in [0.29, 0.717) is 35.0 Å². The number of nitrogens with zero attached hydrogens (tertiary/aromatic N) is 1. The number of hydrogen-bond donors (Lipinski definition) is 1. The molecule has 0 atom stereocenters. The molecule has 1 aliphatic rings. The lowest BCUT2D eigenvalue weighted by atomic mass is 10.0. The van der Waals surface area contributed by atoms with Gasteiger partial charge in [0.2, 0.25) is 0 Å². The van der Waals surface area contributed by atoms with Gasteiger partial charge in [0.1, 0.15) is 17.2 Å². The number of methoxy groups -OCH3 is 1. The monoisotopic (exact) mass is 428 g/mol. The van der Waals surface area contributed by atoms with Gasteiger partial charge >= 0.3 is 0 Å². The van der Waals surface area contributed by atoms with Gasteiger partial charge in [-0.2, -0.15) is 0 Å². The maximum atomic E-state index is 13.6. The van der Waals surface area contributed by atoms with E-state index in [9.17, 15) is 9.59 Å². The molecule has 0 aromatic heterocycles. The Hall–Kier alpha value is -4.06. The van der Waals surface area contributed by atoms with E-state index in [0.717, 1.165) is 5.56 Å². The van der Waals surface area contributed by atoms with E-state index in [1.807, 2.05) is 62.4 Å². The van der Waals surface area contributed by atoms with Gasteiger partial charge in [0.05, 0.1) is 25.0 Å². The zero-order valence-corrected chi connectivity index (χ0v) is 18.2. The minimum absolute atomic E-state index is 0.191. The lowest BCUT2D eigenvalue weighted by Gasteiger charge is -2.18. The molecule has 0 saturated carbocycles. The Labute approximate surface area is 187 Å². The molecule has 32 heavy (non-hydrogen) atoms. The van der Waals surface area contributed by atoms with Crippen molar-refractivity contribution in [3.8, 4) is 11.5 Å². The van der Waals surface area contributed by atoms with Crippen molar-refractivity contribution in [2.45, 2.75) is 13.8 Å². The van der Waals surface area contributed by atoms with Crippen LogP contribution in [0.3, 0.4) is 0 Å². The summed E-state index contributed by atoms with van der Waals surface area (Å²) < 4.78 is 11.1. The van der Waals surface area contributed by atoms with E-state index in [1.165, 1.54) is 4.90 Å². The normalized spacial score (nSPS) is 13.5. The Kier molecular flexibility index (Phi) is 5.94. The van der Waals surface area contributed by atoms with E-state index < -0.39 is 11.8 Å². The third-order valence-electron chi connectivity index (χ3n) is 5.23. The molecule has 0 aliphatic carbocycles. The van der Waals surface area contributed by atoms with Crippen LogP contribution in [0.5, 0.6) is 11.5 Å². The number of benzene rings is 3. The molecule has 2 amide bonds. The van der Waals surface area contributed by atoms with Crippen molar-refractivity contribution in [2.75, 3.05) is 23.9 Å². The van der Waals surface area contributed by atoms with Crippen molar-refractivity contribution >= 4 is 28.8 Å². The van der Waals surface area contributed by atoms with Gasteiger partial charge in [-0.05, 0) is 43.7 Å². The van der Waals surface area contributed by atoms with Crippen LogP contribution in [0.25, 0.3) is 5.57 Å². The predicted molar refractivity (Wildman–Crippen MR) is 125 cm³/mol. The molecule has 6 nitrogen and oxygen atoms in total. The van der Waals surface area contributed by atoms with E-state index in [4.69, 9.17) is 9.47 Å². The minimum atomic E-state index is -0.424. The predicted octanol–water partition coefficient (Wildman–Crippen LogP) is 4.80. The summed E-state index contributed by atoms with van der Waals surface area (Å²) in [5.41, 5.74) is 3.02. The van der Waals surface area contributed by atoms with Crippen LogP contribution in [0, 0.1) is 6.92 Å². The smallest absolute Gasteiger partial charge is 0.282 e. The Balaban J connectivity index is 1.85. The molecular weight excluding hydrogens is 404 g/mol. The van der Waals surface area contributed by atoms with Gasteiger partial charge in [0.25, 0.3) is 11.8 Å². The van der Waals surface area contributed by atoms with Crippen molar-refractivity contribution < 1.29 is 19.1 Å². The second-order valence-electron chi connectivity index (χ2n) is 7.27. The number of nitrogens with one attached hydrogen (secondary N) is 1. The first kappa shape index (κ1) is 21.2. The Bertz CT molecular complexity index is 1220. The molecule has 0 radical (unpaired) electrons. The summed E-state index contributed by atoms with van der Waals surface area (Å²) in [4.78, 5) is 28.4. The standard InChI is InChI=1S/C26H24N2O4/c1-4-32-19-12-9-11-18(16-19)27-24-23(20-13-6-8-15-22(20)31-3)25(29)28(26(24)30)21-14-7-5-10-17(21)2/h5-16,27H,4H2,1-3H3. The maximum Gasteiger partial charge on any atom is 0.282 e. The van der Waals surface area contributed by atoms with E-state index >= 15 is 0 Å². The van der Waals surface area contributed by atoms with Crippen molar-refractivity contribution in [3.63, 3.8) is 0 Å². The zero-order chi connectivity index (χ0) is 22.7. The van der Waals surface area contributed by atoms with Gasteiger partial charge in [-0.15, -0.1) is 0 Å². The largest absolute Gasteiger partial charge is 0.496 e. The summed E-state index contributed by atoms with van der Waals surface area (Å²) in [5.74, 6) is 0.353. The molecule has 1 heterocycles. The minimum Gasteiger partial charge on any atom is -0.496 e. The Morgan fingerprint density at radius 2 is 1.66 bits per heavy atom. The fraction of sp³-hybridized carbons (Fsp3) is 0.154. The molecule has 0 bridgehead atoms. The molecule has 0 spiro atoms. The first-order valence-corrected chi connectivity index (χ1v) is 10.4. The molecule has 6 heteroatoms. The fourth-order valence-corrected chi connectivity index (χ4v) is 3.75. The molecule has 0 unspecified atom stereocenters. The van der Waals surface area contributed by atoms with E-state index in [-0.39, 0.29) is 11.3 Å². The number of carbonyl (C=O) groups excluding carboxylic acids is 2. The molecule has 162 valence electrons. The van der Waals surface area contributed by atoms with Gasteiger partial charge in [-0.1, -0.05) is 42.5 Å². The van der Waals surface area contributed by atoms with Crippen LogP contribution < -0.4 is 19.7 Å². The third-order valence-corrected chi connectivity index (χ3v) is 5.23. The van der Waals surface area contributed by atoms with Crippen molar-refractivity contribution in [3.05, 3.63) is 89.6 Å². The molecule has 4 rings (SSSR count). The molecule has 1 aliphatic heterocycles. The van der Waals surface area contributed by atoms with Crippen LogP contribution in [0.4, 0.5) is 11.4 Å². The SMILES string of the molecule is CCOc1cccc(NC2=C(c3ccccc3OC)C(=O)N(c3ccccc3C)C2=O)c1. The second kappa shape index (κ2) is 8.98. The average Bonchev–Trinajstić information content (AvgIpc) is 3.04. The lowest BCUT2D eigenvalue weighted by molar-refractivity contribution is -0.120. The Morgan fingerprint density at radius 3 is 2.41 bits per heavy atom. The van der Waals surface area contributed by atoms with Crippen LogP contribution in [0.15, 0.2) is 78.5 Å². The van der Waals surface area contributed by atoms with Gasteiger partial charge in [-0.25, -0.2) is 4.90 Å². The van der Waals surface area contributed by atoms with Gasteiger partial charge < -0.3 is 14.8 Å². The van der Waals surface area contributed by atoms with Gasteiger partial charge in [-0.3, -0.25) is 9.59 Å². The lowest BCUT2D eigenvalue weighted by Crippen LogP contribution is -2.33. The number of para-hydroxylation sites is 2. The topological polar surface area (TPSA) is 67.9 Å².